The van der Waals surface area contributed by atoms with E-state index >= 15 is 0 Å². The molecule has 4 nitrogen and oxygen atoms in total. The number of hydrogen-bond acceptors (Lipinski definition) is 3. The van der Waals surface area contributed by atoms with E-state index < -0.39 is 14.0 Å². The van der Waals surface area contributed by atoms with Crippen LogP contribution in [0.4, 0.5) is 5.69 Å². The number of anilines is 1. The highest BCUT2D eigenvalue weighted by molar-refractivity contribution is 6.98. The first-order valence-electron chi connectivity index (χ1n) is 9.60. The number of carboxylic acids is 1. The van der Waals surface area contributed by atoms with Crippen molar-refractivity contribution < 1.29 is 9.90 Å². The van der Waals surface area contributed by atoms with E-state index in [4.69, 9.17) is 5.73 Å². The van der Waals surface area contributed by atoms with Gasteiger partial charge in [-0.2, -0.15) is 23.5 Å². The zero-order valence-electron chi connectivity index (χ0n) is 17.1. The van der Waals surface area contributed by atoms with Gasteiger partial charge in [0.15, 0.2) is 0 Å². The molecule has 0 unspecified atom stereocenters. The fourth-order valence-corrected chi connectivity index (χ4v) is 7.45. The van der Waals surface area contributed by atoms with Crippen LogP contribution in [0.3, 0.4) is 0 Å². The molecule has 0 radical (unpaired) electrons. The fourth-order valence-electron chi connectivity index (χ4n) is 4.36. The predicted octanol–water partition coefficient (Wildman–Crippen LogP) is 4.11. The SMILES string of the molecule is CN=C1C=CC2=C(c3ccc(C(=O)O)cc3C)c3ccc(N)cc3[Si-](C)(C)C2=C1. The van der Waals surface area contributed by atoms with Crippen molar-refractivity contribution in [2.24, 2.45) is 4.99 Å². The number of nitrogens with two attached hydrogens (primary N) is 1. The molecule has 147 valence electrons. The summed E-state index contributed by atoms with van der Waals surface area (Å²) in [5.74, 6) is -0.912. The van der Waals surface area contributed by atoms with Gasteiger partial charge in [-0.15, -0.1) is 0 Å². The minimum atomic E-state index is -1.99. The maximum Gasteiger partial charge on any atom is 0.335 e. The average molecular weight is 401 g/mol. The Hall–Kier alpha value is -3.18. The first kappa shape index (κ1) is 19.1. The fraction of sp³-hybridized carbons (Fsp3) is 0.167. The number of benzene rings is 2. The van der Waals surface area contributed by atoms with Gasteiger partial charge in [-0.05, 0) is 59.0 Å². The number of rotatable bonds is 2. The van der Waals surface area contributed by atoms with Gasteiger partial charge in [-0.3, -0.25) is 4.99 Å². The monoisotopic (exact) mass is 400 g/mol. The molecule has 0 saturated heterocycles. The maximum absolute atomic E-state index is 11.4. The van der Waals surface area contributed by atoms with Crippen LogP contribution in [0, 0.1) is 6.92 Å². The zero-order valence-corrected chi connectivity index (χ0v) is 18.1. The van der Waals surface area contributed by atoms with Crippen LogP contribution < -0.4 is 10.9 Å². The number of hydrogen-bond donors (Lipinski definition) is 2. The molecule has 0 spiro atoms. The molecule has 1 heterocycles. The zero-order chi connectivity index (χ0) is 20.9. The number of aryl methyl sites for hydroxylation is 1. The minimum Gasteiger partial charge on any atom is -0.478 e. The standard InChI is InChI=1S/C24H24N2O2Si/c1-14-11-15(24(27)28)5-8-18(14)23-19-9-6-16(25)12-21(19)29(3,4)22-13-17(26-2)7-10-20(22)23/h5-13H,25H2,1-4H3,(H,27,28)/q-1. The molecule has 2 aromatic carbocycles. The Morgan fingerprint density at radius 2 is 1.79 bits per heavy atom. The smallest absolute Gasteiger partial charge is 0.335 e. The number of nitrogen functional groups attached to an aromatic ring is 1. The summed E-state index contributed by atoms with van der Waals surface area (Å²) in [6.45, 7) is 6.67. The lowest BCUT2D eigenvalue weighted by Crippen LogP contribution is -2.49. The highest BCUT2D eigenvalue weighted by atomic mass is 28.3. The molecule has 0 bridgehead atoms. The van der Waals surface area contributed by atoms with Crippen molar-refractivity contribution in [1.82, 2.24) is 0 Å². The van der Waals surface area contributed by atoms with Crippen LogP contribution in [0.1, 0.15) is 27.0 Å². The summed E-state index contributed by atoms with van der Waals surface area (Å²) in [7, 11) is -0.177. The van der Waals surface area contributed by atoms with E-state index in [2.05, 4.69) is 42.4 Å². The number of carboxylic acid groups (broad SMARTS) is 1. The second kappa shape index (κ2) is 6.71. The lowest BCUT2D eigenvalue weighted by Gasteiger charge is -2.47. The Labute approximate surface area is 171 Å². The topological polar surface area (TPSA) is 75.7 Å². The van der Waals surface area contributed by atoms with Gasteiger partial charge in [0, 0.05) is 12.7 Å². The van der Waals surface area contributed by atoms with Crippen molar-refractivity contribution in [2.45, 2.75) is 20.0 Å². The van der Waals surface area contributed by atoms with Gasteiger partial charge in [-0.25, -0.2) is 4.79 Å². The summed E-state index contributed by atoms with van der Waals surface area (Å²) in [5, 5.41) is 12.0. The molecule has 0 atom stereocenters. The van der Waals surface area contributed by atoms with E-state index in [1.807, 2.05) is 32.2 Å². The third-order valence-corrected chi connectivity index (χ3v) is 9.45. The van der Waals surface area contributed by atoms with Gasteiger partial charge >= 0.3 is 5.97 Å². The van der Waals surface area contributed by atoms with Crippen molar-refractivity contribution in [3.8, 4) is 0 Å². The lowest BCUT2D eigenvalue weighted by molar-refractivity contribution is 0.0697. The Bertz CT molecular complexity index is 1180. The molecule has 4 rings (SSSR count). The van der Waals surface area contributed by atoms with Crippen molar-refractivity contribution in [2.75, 3.05) is 12.8 Å². The third-order valence-electron chi connectivity index (χ3n) is 5.93. The van der Waals surface area contributed by atoms with E-state index in [-0.39, 0.29) is 0 Å². The molecule has 0 aromatic heterocycles. The van der Waals surface area contributed by atoms with Crippen LogP contribution in [-0.2, 0) is 0 Å². The lowest BCUT2D eigenvalue weighted by atomic mass is 9.87. The number of carbonyl (C=O) groups is 1. The van der Waals surface area contributed by atoms with Gasteiger partial charge in [0.05, 0.1) is 11.3 Å². The van der Waals surface area contributed by atoms with Crippen LogP contribution in [0.2, 0.25) is 13.1 Å². The number of fused-ring (bicyclic) bond motifs is 2. The van der Waals surface area contributed by atoms with Crippen molar-refractivity contribution >= 4 is 36.2 Å². The predicted molar refractivity (Wildman–Crippen MR) is 123 cm³/mol. The molecule has 2 aromatic rings. The summed E-state index contributed by atoms with van der Waals surface area (Å²) in [4.78, 5) is 15.8. The van der Waals surface area contributed by atoms with Crippen LogP contribution in [-0.4, -0.2) is 31.9 Å². The summed E-state index contributed by atoms with van der Waals surface area (Å²) < 4.78 is 0. The van der Waals surface area contributed by atoms with Crippen molar-refractivity contribution in [3.05, 3.63) is 87.6 Å². The summed E-state index contributed by atoms with van der Waals surface area (Å²) >= 11 is 0. The molecule has 0 fully saturated rings. The number of allylic oxidation sites excluding steroid dienone is 5. The molecule has 29 heavy (non-hydrogen) atoms. The first-order chi connectivity index (χ1) is 13.7. The molecule has 0 amide bonds. The van der Waals surface area contributed by atoms with Gasteiger partial charge in [0.25, 0.3) is 0 Å². The highest BCUT2D eigenvalue weighted by Gasteiger charge is 2.31. The Kier molecular flexibility index (Phi) is 4.43. The average Bonchev–Trinajstić information content (AvgIpc) is 2.69. The minimum absolute atomic E-state index is 0.301. The number of aromatic carboxylic acids is 1. The second-order valence-electron chi connectivity index (χ2n) is 8.09. The normalized spacial score (nSPS) is 18.3. The molecule has 0 saturated carbocycles. The van der Waals surface area contributed by atoms with Gasteiger partial charge < -0.3 is 10.8 Å². The van der Waals surface area contributed by atoms with Gasteiger partial charge in [0.1, 0.15) is 0 Å². The largest absolute Gasteiger partial charge is 0.478 e. The third kappa shape index (κ3) is 2.98. The van der Waals surface area contributed by atoms with Crippen LogP contribution >= 0.6 is 0 Å². The molecule has 3 N–H and O–H groups in total. The molecular formula is C24H24N2O2Si-. The highest BCUT2D eigenvalue weighted by Crippen LogP contribution is 2.42. The van der Waals surface area contributed by atoms with E-state index in [1.54, 1.807) is 12.1 Å². The molecule has 2 aliphatic rings. The van der Waals surface area contributed by atoms with E-state index in [0.29, 0.717) is 5.56 Å². The van der Waals surface area contributed by atoms with Crippen molar-refractivity contribution in [3.63, 3.8) is 0 Å². The quantitative estimate of drug-likeness (QED) is 0.588. The second-order valence-corrected chi connectivity index (χ2v) is 12.4. The van der Waals surface area contributed by atoms with Crippen LogP contribution in [0.5, 0.6) is 0 Å². The number of nitrogens with zero attached hydrogens (tertiary/aromatic N) is 1. The number of aliphatic imine (C=N–C) groups is 1. The van der Waals surface area contributed by atoms with E-state index in [0.717, 1.165) is 28.1 Å². The maximum atomic E-state index is 11.4. The molecule has 1 aliphatic heterocycles. The molecular weight excluding hydrogens is 376 g/mol. The van der Waals surface area contributed by atoms with E-state index in [1.165, 1.54) is 21.5 Å². The summed E-state index contributed by atoms with van der Waals surface area (Å²) in [5.41, 5.74) is 13.7. The van der Waals surface area contributed by atoms with Crippen LogP contribution in [0.15, 0.2) is 70.4 Å². The summed E-state index contributed by atoms with van der Waals surface area (Å²) in [6.07, 6.45) is 6.41. The van der Waals surface area contributed by atoms with Gasteiger partial charge in [0.2, 0.25) is 0 Å². The van der Waals surface area contributed by atoms with Gasteiger partial charge in [-0.1, -0.05) is 38.4 Å². The Morgan fingerprint density at radius 1 is 1.07 bits per heavy atom. The van der Waals surface area contributed by atoms with Crippen molar-refractivity contribution in [1.29, 1.82) is 0 Å². The van der Waals surface area contributed by atoms with Crippen LogP contribution in [0.25, 0.3) is 5.57 Å². The van der Waals surface area contributed by atoms with E-state index in [9.17, 15) is 9.90 Å². The Morgan fingerprint density at radius 3 is 2.45 bits per heavy atom. The molecule has 5 heteroatoms. The Balaban J connectivity index is 2.08. The first-order valence-corrected chi connectivity index (χ1v) is 12.6. The summed E-state index contributed by atoms with van der Waals surface area (Å²) in [6, 6.07) is 11.5. The molecule has 1 aliphatic carbocycles.